The summed E-state index contributed by atoms with van der Waals surface area (Å²) in [6.45, 7) is 1.07. The van der Waals surface area contributed by atoms with Crippen LogP contribution in [0.15, 0.2) is 54.9 Å². The van der Waals surface area contributed by atoms with Crippen LogP contribution in [0.1, 0.15) is 123 Å². The highest BCUT2D eigenvalue weighted by Gasteiger charge is 2.43. The lowest BCUT2D eigenvalue weighted by Crippen LogP contribution is -2.44. The molecule has 4 aliphatic rings. The van der Waals surface area contributed by atoms with E-state index in [1.165, 1.54) is 51.2 Å². The van der Waals surface area contributed by atoms with E-state index in [1.54, 1.807) is 6.07 Å². The Morgan fingerprint density at radius 1 is 0.939 bits per heavy atom. The summed E-state index contributed by atoms with van der Waals surface area (Å²) in [6, 6.07) is 10.4. The zero-order valence-electron chi connectivity index (χ0n) is 28.8. The van der Waals surface area contributed by atoms with Crippen LogP contribution in [0.25, 0.3) is 0 Å². The molecule has 8 nitrogen and oxygen atoms in total. The van der Waals surface area contributed by atoms with E-state index < -0.39 is 12.2 Å². The van der Waals surface area contributed by atoms with E-state index in [9.17, 15) is 20.4 Å². The number of methoxy groups -OCH3 is 1. The highest BCUT2D eigenvalue weighted by atomic mass is 16.5. The van der Waals surface area contributed by atoms with Gasteiger partial charge in [0.2, 0.25) is 5.75 Å². The highest BCUT2D eigenvalue weighted by molar-refractivity contribution is 5.59. The maximum absolute atomic E-state index is 11.4. The van der Waals surface area contributed by atoms with E-state index in [2.05, 4.69) is 34.6 Å². The van der Waals surface area contributed by atoms with Gasteiger partial charge in [-0.25, -0.2) is 0 Å². The van der Waals surface area contributed by atoms with Crippen molar-refractivity contribution in [1.82, 2.24) is 10.3 Å². The number of phenolic OH excluding ortho intramolecular Hbond substituents is 3. The second-order valence-corrected chi connectivity index (χ2v) is 15.1. The minimum atomic E-state index is -0.543. The number of aromatic amines is 1. The van der Waals surface area contributed by atoms with Gasteiger partial charge in [-0.2, -0.15) is 0 Å². The fourth-order valence-corrected chi connectivity index (χ4v) is 9.33. The van der Waals surface area contributed by atoms with Crippen LogP contribution in [0.3, 0.4) is 0 Å². The molecule has 2 saturated carbocycles. The molecule has 0 spiro atoms. The topological polar surface area (TPSA) is 127 Å². The number of H-pyrrole nitrogens is 1. The van der Waals surface area contributed by atoms with Crippen molar-refractivity contribution in [1.29, 1.82) is 0 Å². The number of aliphatic hydroxyl groups is 1. The summed E-state index contributed by atoms with van der Waals surface area (Å²) in [4.78, 5) is 3.08. The zero-order valence-corrected chi connectivity index (χ0v) is 28.8. The van der Waals surface area contributed by atoms with Crippen LogP contribution in [-0.2, 0) is 11.2 Å². The van der Waals surface area contributed by atoms with Crippen molar-refractivity contribution in [3.05, 3.63) is 82.7 Å². The summed E-state index contributed by atoms with van der Waals surface area (Å²) in [7, 11) is 1.49. The number of hydrogen-bond acceptors (Lipinski definition) is 7. The molecule has 0 amide bonds. The van der Waals surface area contributed by atoms with Crippen molar-refractivity contribution < 1.29 is 29.9 Å². The third-order valence-corrected chi connectivity index (χ3v) is 12.0. The number of benzene rings is 2. The molecule has 49 heavy (non-hydrogen) atoms. The SMILES string of the molecule is COc1c(O)c(O)cc(C2CC(O)C3CCC(c4ccc(O)c(C5C=CCC(CCNC6CCCCC6)C5)c4)CC3O2)c1Cc1cc[nH]c1. The molecule has 264 valence electrons. The molecule has 3 aromatic rings. The van der Waals surface area contributed by atoms with Gasteiger partial charge in [0.1, 0.15) is 5.75 Å². The molecule has 0 bridgehead atoms. The lowest BCUT2D eigenvalue weighted by Gasteiger charge is -2.45. The molecule has 1 aliphatic heterocycles. The molecule has 7 atom stereocenters. The van der Waals surface area contributed by atoms with Crippen molar-refractivity contribution in [2.24, 2.45) is 11.8 Å². The number of aromatic hydroxyl groups is 3. The van der Waals surface area contributed by atoms with Gasteiger partial charge in [-0.15, -0.1) is 0 Å². The third-order valence-electron chi connectivity index (χ3n) is 12.0. The predicted octanol–water partition coefficient (Wildman–Crippen LogP) is 7.87. The first-order chi connectivity index (χ1) is 23.9. The van der Waals surface area contributed by atoms with Crippen LogP contribution < -0.4 is 10.1 Å². The summed E-state index contributed by atoms with van der Waals surface area (Å²) >= 11 is 0. The van der Waals surface area contributed by atoms with Gasteiger partial charge in [-0.3, -0.25) is 0 Å². The van der Waals surface area contributed by atoms with Crippen LogP contribution in [0.5, 0.6) is 23.0 Å². The normalized spacial score (nSPS) is 29.1. The van der Waals surface area contributed by atoms with Gasteiger partial charge >= 0.3 is 0 Å². The molecular weight excluding hydrogens is 616 g/mol. The Bertz CT molecular complexity index is 1580. The van der Waals surface area contributed by atoms with Gasteiger partial charge < -0.3 is 40.2 Å². The first-order valence-corrected chi connectivity index (χ1v) is 18.7. The molecule has 7 rings (SSSR count). The average Bonchev–Trinajstić information content (AvgIpc) is 3.64. The number of nitrogens with one attached hydrogen (secondary N) is 2. The summed E-state index contributed by atoms with van der Waals surface area (Å²) < 4.78 is 12.4. The van der Waals surface area contributed by atoms with Crippen LogP contribution in [0.2, 0.25) is 0 Å². The van der Waals surface area contributed by atoms with Crippen molar-refractivity contribution in [2.75, 3.05) is 13.7 Å². The fourth-order valence-electron chi connectivity index (χ4n) is 9.33. The lowest BCUT2D eigenvalue weighted by atomic mass is 9.71. The Hall–Kier alpha value is -3.46. The largest absolute Gasteiger partial charge is 0.508 e. The maximum atomic E-state index is 11.4. The van der Waals surface area contributed by atoms with Crippen molar-refractivity contribution in [2.45, 2.75) is 120 Å². The smallest absolute Gasteiger partial charge is 0.200 e. The lowest BCUT2D eigenvalue weighted by molar-refractivity contribution is -0.154. The zero-order chi connectivity index (χ0) is 33.9. The van der Waals surface area contributed by atoms with E-state index in [0.717, 1.165) is 60.9 Å². The number of aromatic nitrogens is 1. The van der Waals surface area contributed by atoms with Gasteiger partial charge in [-0.1, -0.05) is 43.5 Å². The molecule has 1 aromatic heterocycles. The molecule has 6 N–H and O–H groups in total. The monoisotopic (exact) mass is 670 g/mol. The molecule has 8 heteroatoms. The quantitative estimate of drug-likeness (QED) is 0.0958. The van der Waals surface area contributed by atoms with Crippen LogP contribution in [0, 0.1) is 11.8 Å². The van der Waals surface area contributed by atoms with Gasteiger partial charge in [0.05, 0.1) is 25.4 Å². The molecular formula is C41H54N2O6. The van der Waals surface area contributed by atoms with Gasteiger partial charge in [-0.05, 0) is 105 Å². The molecule has 3 fully saturated rings. The minimum absolute atomic E-state index is 0.0362. The standard InChI is InChI=1S/C41H54N2O6/c1-48-41-34(19-26-14-16-42-24-26)33(22-37(46)40(41)47)39-23-36(45)31-12-10-28(21-38(31)49-39)27-11-13-35(44)32(20-27)29-7-5-6-25(18-29)15-17-43-30-8-3-2-4-9-30/h5,7,11,13-14,16,20,22,24-25,28-31,36,38-39,42-47H,2-4,6,8-10,12,15,17-19,21,23H2,1H3. The summed E-state index contributed by atoms with van der Waals surface area (Å²) in [5, 5.41) is 47.6. The van der Waals surface area contributed by atoms with Crippen molar-refractivity contribution >= 4 is 0 Å². The molecule has 1 saturated heterocycles. The van der Waals surface area contributed by atoms with E-state index >= 15 is 0 Å². The van der Waals surface area contributed by atoms with E-state index in [1.807, 2.05) is 24.5 Å². The number of rotatable bonds is 10. The summed E-state index contributed by atoms with van der Waals surface area (Å²) in [5.74, 6) is 1.15. The van der Waals surface area contributed by atoms with Crippen LogP contribution >= 0.6 is 0 Å². The Morgan fingerprint density at radius 2 is 1.80 bits per heavy atom. The Labute approximate surface area is 290 Å². The second-order valence-electron chi connectivity index (χ2n) is 15.1. The predicted molar refractivity (Wildman–Crippen MR) is 190 cm³/mol. The number of fused-ring (bicyclic) bond motifs is 1. The first kappa shape index (κ1) is 34.0. The second kappa shape index (κ2) is 15.2. The summed E-state index contributed by atoms with van der Waals surface area (Å²) in [6.07, 6.45) is 20.7. The van der Waals surface area contributed by atoms with E-state index in [4.69, 9.17) is 9.47 Å². The Balaban J connectivity index is 1.05. The van der Waals surface area contributed by atoms with E-state index in [0.29, 0.717) is 30.6 Å². The number of phenols is 3. The van der Waals surface area contributed by atoms with Crippen LogP contribution in [-0.4, -0.2) is 57.3 Å². The Morgan fingerprint density at radius 3 is 2.59 bits per heavy atom. The van der Waals surface area contributed by atoms with Gasteiger partial charge in [0, 0.05) is 54.2 Å². The van der Waals surface area contributed by atoms with Crippen molar-refractivity contribution in [3.63, 3.8) is 0 Å². The van der Waals surface area contributed by atoms with Gasteiger partial charge in [0.15, 0.2) is 11.5 Å². The first-order valence-electron chi connectivity index (χ1n) is 18.7. The van der Waals surface area contributed by atoms with Crippen molar-refractivity contribution in [3.8, 4) is 23.0 Å². The fraction of sp³-hybridized carbons (Fsp3) is 0.561. The molecule has 3 aliphatic carbocycles. The highest BCUT2D eigenvalue weighted by Crippen LogP contribution is 2.50. The number of aliphatic hydroxyl groups excluding tert-OH is 1. The summed E-state index contributed by atoms with van der Waals surface area (Å²) in [5.41, 5.74) is 4.72. The molecule has 2 heterocycles. The number of allylic oxidation sites excluding steroid dienone is 2. The van der Waals surface area contributed by atoms with E-state index in [-0.39, 0.29) is 41.1 Å². The molecule has 2 aromatic carbocycles. The third kappa shape index (κ3) is 7.52. The molecule has 0 radical (unpaired) electrons. The minimum Gasteiger partial charge on any atom is -0.508 e. The Kier molecular flexibility index (Phi) is 10.5. The number of hydrogen-bond donors (Lipinski definition) is 6. The van der Waals surface area contributed by atoms with Crippen LogP contribution in [0.4, 0.5) is 0 Å². The average molecular weight is 671 g/mol. The maximum Gasteiger partial charge on any atom is 0.200 e. The molecule has 7 unspecified atom stereocenters. The number of ether oxygens (including phenoxy) is 2. The van der Waals surface area contributed by atoms with Gasteiger partial charge in [0.25, 0.3) is 0 Å².